The van der Waals surface area contributed by atoms with Crippen LogP contribution in [0, 0.1) is 0 Å². The largest absolute Gasteiger partial charge is 0.504 e. The number of hydrogen-bond acceptors (Lipinski definition) is 5. The molecule has 2 aromatic rings. The van der Waals surface area contributed by atoms with E-state index in [4.69, 9.17) is 4.74 Å². The van der Waals surface area contributed by atoms with Gasteiger partial charge in [0.05, 0.1) is 18.6 Å². The van der Waals surface area contributed by atoms with E-state index in [1.54, 1.807) is 24.3 Å². The van der Waals surface area contributed by atoms with Crippen LogP contribution in [0.5, 0.6) is 11.5 Å². The first-order chi connectivity index (χ1) is 11.7. The fourth-order valence-electron chi connectivity index (χ4n) is 2.20. The average Bonchev–Trinajstić information content (AvgIpc) is 2.94. The van der Waals surface area contributed by atoms with E-state index in [2.05, 4.69) is 10.3 Å². The van der Waals surface area contributed by atoms with E-state index in [0.717, 1.165) is 11.1 Å². The number of amides is 1. The first-order valence-electron chi connectivity index (χ1n) is 7.32. The van der Waals surface area contributed by atoms with Crippen molar-refractivity contribution < 1.29 is 14.6 Å². The number of hydrogen-bond donors (Lipinski definition) is 2. The molecule has 3 rings (SSSR count). The fraction of sp³-hybridized carbons (Fsp3) is 0.111. The standard InChI is InChI=1S/C18H16N2O3S/c1-23-15-8-7-13(9-14(15)21)10-16-17(22)20-18(24-16)19-11-12-5-3-2-4-6-12/h2-10,21H,11H2,1H3,(H,19,20,22). The maximum atomic E-state index is 12.0. The van der Waals surface area contributed by atoms with Crippen LogP contribution in [-0.4, -0.2) is 23.3 Å². The van der Waals surface area contributed by atoms with Crippen LogP contribution in [0.2, 0.25) is 0 Å². The van der Waals surface area contributed by atoms with Gasteiger partial charge in [-0.25, -0.2) is 0 Å². The Hall–Kier alpha value is -2.73. The number of nitrogens with one attached hydrogen (secondary N) is 1. The summed E-state index contributed by atoms with van der Waals surface area (Å²) in [6, 6.07) is 14.8. The number of thioether (sulfide) groups is 1. The fourth-order valence-corrected chi connectivity index (χ4v) is 3.02. The van der Waals surface area contributed by atoms with Gasteiger partial charge in [-0.1, -0.05) is 36.4 Å². The van der Waals surface area contributed by atoms with Crippen molar-refractivity contribution in [3.05, 3.63) is 64.6 Å². The summed E-state index contributed by atoms with van der Waals surface area (Å²) in [6.45, 7) is 0.514. The number of carbonyl (C=O) groups excluding carboxylic acids is 1. The quantitative estimate of drug-likeness (QED) is 0.839. The Morgan fingerprint density at radius 3 is 2.75 bits per heavy atom. The van der Waals surface area contributed by atoms with Crippen molar-refractivity contribution in [3.8, 4) is 11.5 Å². The first-order valence-corrected chi connectivity index (χ1v) is 8.13. The summed E-state index contributed by atoms with van der Waals surface area (Å²) in [6.07, 6.45) is 1.71. The molecule has 0 aromatic heterocycles. The van der Waals surface area contributed by atoms with Gasteiger partial charge in [0.1, 0.15) is 0 Å². The molecule has 0 saturated carbocycles. The highest BCUT2D eigenvalue weighted by molar-refractivity contribution is 8.18. The number of ether oxygens (including phenoxy) is 1. The molecule has 2 aromatic carbocycles. The van der Waals surface area contributed by atoms with Crippen molar-refractivity contribution in [2.45, 2.75) is 6.54 Å². The summed E-state index contributed by atoms with van der Waals surface area (Å²) < 4.78 is 5.01. The number of phenols is 1. The lowest BCUT2D eigenvalue weighted by Gasteiger charge is -2.03. The number of benzene rings is 2. The van der Waals surface area contributed by atoms with E-state index < -0.39 is 0 Å². The molecule has 1 aliphatic heterocycles. The van der Waals surface area contributed by atoms with Gasteiger partial charge in [0.15, 0.2) is 16.7 Å². The summed E-state index contributed by atoms with van der Waals surface area (Å²) in [5, 5.41) is 13.1. The Morgan fingerprint density at radius 2 is 2.04 bits per heavy atom. The lowest BCUT2D eigenvalue weighted by atomic mass is 10.2. The lowest BCUT2D eigenvalue weighted by molar-refractivity contribution is -0.115. The van der Waals surface area contributed by atoms with Crippen LogP contribution in [0.1, 0.15) is 11.1 Å². The van der Waals surface area contributed by atoms with Gasteiger partial charge in [-0.2, -0.15) is 0 Å². The third-order valence-electron chi connectivity index (χ3n) is 3.40. The number of aliphatic imine (C=N–C) groups is 1. The topological polar surface area (TPSA) is 70.9 Å². The Kier molecular flexibility index (Phi) is 4.86. The predicted octanol–water partition coefficient (Wildman–Crippen LogP) is 3.16. The van der Waals surface area contributed by atoms with Gasteiger partial charge < -0.3 is 15.2 Å². The molecule has 0 unspecified atom stereocenters. The highest BCUT2D eigenvalue weighted by Crippen LogP contribution is 2.30. The molecule has 0 atom stereocenters. The van der Waals surface area contributed by atoms with Crippen molar-refractivity contribution in [2.75, 3.05) is 7.11 Å². The van der Waals surface area contributed by atoms with Crippen LogP contribution >= 0.6 is 11.8 Å². The number of amidine groups is 1. The molecular weight excluding hydrogens is 324 g/mol. The van der Waals surface area contributed by atoms with Crippen LogP contribution < -0.4 is 10.1 Å². The second-order valence-corrected chi connectivity index (χ2v) is 6.13. The highest BCUT2D eigenvalue weighted by Gasteiger charge is 2.23. The molecule has 1 aliphatic rings. The molecule has 122 valence electrons. The summed E-state index contributed by atoms with van der Waals surface area (Å²) in [5.74, 6) is 0.237. The van der Waals surface area contributed by atoms with Crippen molar-refractivity contribution in [1.82, 2.24) is 5.32 Å². The van der Waals surface area contributed by atoms with Crippen LogP contribution in [0.25, 0.3) is 6.08 Å². The molecule has 0 spiro atoms. The molecule has 1 amide bonds. The van der Waals surface area contributed by atoms with Gasteiger partial charge in [-0.15, -0.1) is 0 Å². The van der Waals surface area contributed by atoms with E-state index in [1.165, 1.54) is 18.9 Å². The number of carbonyl (C=O) groups is 1. The van der Waals surface area contributed by atoms with Crippen LogP contribution in [0.4, 0.5) is 0 Å². The van der Waals surface area contributed by atoms with Gasteiger partial charge in [0.25, 0.3) is 5.91 Å². The van der Waals surface area contributed by atoms with Crippen LogP contribution in [0.3, 0.4) is 0 Å². The predicted molar refractivity (Wildman–Crippen MR) is 96.0 cm³/mol. The molecule has 1 fully saturated rings. The molecule has 0 radical (unpaired) electrons. The first kappa shape index (κ1) is 16.1. The minimum Gasteiger partial charge on any atom is -0.504 e. The monoisotopic (exact) mass is 340 g/mol. The van der Waals surface area contributed by atoms with Crippen molar-refractivity contribution >= 4 is 28.9 Å². The summed E-state index contributed by atoms with van der Waals surface area (Å²) in [5.41, 5.74) is 1.80. The Balaban J connectivity index is 1.73. The molecule has 1 saturated heterocycles. The molecular formula is C18H16N2O3S. The van der Waals surface area contributed by atoms with Crippen molar-refractivity contribution in [3.63, 3.8) is 0 Å². The van der Waals surface area contributed by atoms with Crippen molar-refractivity contribution in [2.24, 2.45) is 4.99 Å². The molecule has 0 bridgehead atoms. The third-order valence-corrected chi connectivity index (χ3v) is 4.35. The zero-order chi connectivity index (χ0) is 16.9. The zero-order valence-electron chi connectivity index (χ0n) is 13.0. The maximum Gasteiger partial charge on any atom is 0.264 e. The minimum absolute atomic E-state index is 0.0354. The van der Waals surface area contributed by atoms with E-state index in [0.29, 0.717) is 22.4 Å². The van der Waals surface area contributed by atoms with Crippen LogP contribution in [-0.2, 0) is 11.3 Å². The lowest BCUT2D eigenvalue weighted by Crippen LogP contribution is -2.19. The second-order valence-electron chi connectivity index (χ2n) is 5.10. The minimum atomic E-state index is -0.192. The number of rotatable bonds is 4. The van der Waals surface area contributed by atoms with E-state index in [1.807, 2.05) is 30.3 Å². The third kappa shape index (κ3) is 3.78. The molecule has 24 heavy (non-hydrogen) atoms. The second kappa shape index (κ2) is 7.23. The van der Waals surface area contributed by atoms with Gasteiger partial charge in [-0.05, 0) is 41.1 Å². The average molecular weight is 340 g/mol. The molecule has 0 aliphatic carbocycles. The van der Waals surface area contributed by atoms with Crippen LogP contribution in [0.15, 0.2) is 58.4 Å². The Labute approximate surface area is 144 Å². The van der Waals surface area contributed by atoms with Gasteiger partial charge >= 0.3 is 0 Å². The molecule has 5 nitrogen and oxygen atoms in total. The Bertz CT molecular complexity index is 816. The molecule has 6 heteroatoms. The van der Waals surface area contributed by atoms with Gasteiger partial charge in [-0.3, -0.25) is 9.79 Å². The number of phenolic OH excluding ortho intramolecular Hbond substituents is 1. The molecule has 2 N–H and O–H groups in total. The Morgan fingerprint density at radius 1 is 1.25 bits per heavy atom. The summed E-state index contributed by atoms with van der Waals surface area (Å²) in [4.78, 5) is 17.0. The van der Waals surface area contributed by atoms with Crippen molar-refractivity contribution in [1.29, 1.82) is 0 Å². The maximum absolute atomic E-state index is 12.0. The number of nitrogens with zero attached hydrogens (tertiary/aromatic N) is 1. The SMILES string of the molecule is COc1ccc(C=C2SC(=NCc3ccccc3)NC2=O)cc1O. The smallest absolute Gasteiger partial charge is 0.264 e. The van der Waals surface area contributed by atoms with E-state index in [-0.39, 0.29) is 11.7 Å². The number of aromatic hydroxyl groups is 1. The van der Waals surface area contributed by atoms with E-state index in [9.17, 15) is 9.90 Å². The van der Waals surface area contributed by atoms with E-state index >= 15 is 0 Å². The highest BCUT2D eigenvalue weighted by atomic mass is 32.2. The summed E-state index contributed by atoms with van der Waals surface area (Å²) >= 11 is 1.29. The normalized spacial score (nSPS) is 17.3. The van der Waals surface area contributed by atoms with Gasteiger partial charge in [0, 0.05) is 0 Å². The number of methoxy groups -OCH3 is 1. The zero-order valence-corrected chi connectivity index (χ0v) is 13.8. The van der Waals surface area contributed by atoms with Gasteiger partial charge in [0.2, 0.25) is 0 Å². The summed E-state index contributed by atoms with van der Waals surface area (Å²) in [7, 11) is 1.49. The molecule has 1 heterocycles.